The third-order valence-corrected chi connectivity index (χ3v) is 4.31. The Labute approximate surface area is 119 Å². The SMILES string of the molecule is COC(=O)CCc1csc(NC(C)c2nccs2)n1. The summed E-state index contributed by atoms with van der Waals surface area (Å²) in [4.78, 5) is 19.8. The van der Waals surface area contributed by atoms with Crippen molar-refractivity contribution in [3.05, 3.63) is 27.7 Å². The minimum atomic E-state index is -0.210. The molecule has 102 valence electrons. The van der Waals surface area contributed by atoms with E-state index in [4.69, 9.17) is 0 Å². The second-order valence-corrected chi connectivity index (χ2v) is 5.74. The van der Waals surface area contributed by atoms with Crippen molar-refractivity contribution in [2.45, 2.75) is 25.8 Å². The van der Waals surface area contributed by atoms with Crippen LogP contribution in [0.1, 0.15) is 30.1 Å². The van der Waals surface area contributed by atoms with E-state index in [1.165, 1.54) is 18.4 Å². The summed E-state index contributed by atoms with van der Waals surface area (Å²) in [7, 11) is 1.39. The smallest absolute Gasteiger partial charge is 0.305 e. The third-order valence-electron chi connectivity index (χ3n) is 2.53. The molecule has 2 aromatic heterocycles. The van der Waals surface area contributed by atoms with Crippen LogP contribution in [0.4, 0.5) is 5.13 Å². The quantitative estimate of drug-likeness (QED) is 0.831. The molecule has 1 unspecified atom stereocenters. The number of aryl methyl sites for hydroxylation is 1. The Morgan fingerprint density at radius 1 is 1.53 bits per heavy atom. The second kappa shape index (κ2) is 6.63. The van der Waals surface area contributed by atoms with Gasteiger partial charge in [-0.1, -0.05) is 0 Å². The lowest BCUT2D eigenvalue weighted by Gasteiger charge is -2.08. The zero-order valence-corrected chi connectivity index (χ0v) is 12.4. The second-order valence-electron chi connectivity index (χ2n) is 3.96. The summed E-state index contributed by atoms with van der Waals surface area (Å²) in [5, 5.41) is 9.10. The lowest BCUT2D eigenvalue weighted by atomic mass is 10.2. The molecule has 0 aliphatic rings. The number of thiazole rings is 2. The number of hydrogen-bond donors (Lipinski definition) is 1. The van der Waals surface area contributed by atoms with Crippen LogP contribution in [0, 0.1) is 0 Å². The van der Waals surface area contributed by atoms with Crippen LogP contribution >= 0.6 is 22.7 Å². The molecule has 0 radical (unpaired) electrons. The molecule has 1 atom stereocenters. The van der Waals surface area contributed by atoms with Crippen molar-refractivity contribution in [2.75, 3.05) is 12.4 Å². The van der Waals surface area contributed by atoms with Gasteiger partial charge in [0.05, 0.1) is 25.3 Å². The molecule has 5 nitrogen and oxygen atoms in total. The molecule has 0 saturated heterocycles. The van der Waals surface area contributed by atoms with Gasteiger partial charge >= 0.3 is 5.97 Å². The zero-order valence-electron chi connectivity index (χ0n) is 10.8. The van der Waals surface area contributed by atoms with E-state index in [1.54, 1.807) is 17.5 Å². The first-order chi connectivity index (χ1) is 9.19. The molecule has 2 heterocycles. The van der Waals surface area contributed by atoms with E-state index in [-0.39, 0.29) is 12.0 Å². The number of aromatic nitrogens is 2. The van der Waals surface area contributed by atoms with Crippen LogP contribution in [-0.4, -0.2) is 23.0 Å². The average Bonchev–Trinajstić information content (AvgIpc) is 3.07. The van der Waals surface area contributed by atoms with Gasteiger partial charge in [-0.05, 0) is 6.92 Å². The zero-order chi connectivity index (χ0) is 13.7. The van der Waals surface area contributed by atoms with E-state index in [0.29, 0.717) is 12.8 Å². The highest BCUT2D eigenvalue weighted by atomic mass is 32.1. The number of anilines is 1. The van der Waals surface area contributed by atoms with Crippen molar-refractivity contribution >= 4 is 33.8 Å². The van der Waals surface area contributed by atoms with Gasteiger partial charge in [-0.3, -0.25) is 4.79 Å². The first-order valence-corrected chi connectivity index (χ1v) is 7.62. The fourth-order valence-electron chi connectivity index (χ4n) is 1.52. The van der Waals surface area contributed by atoms with Crippen LogP contribution in [-0.2, 0) is 16.0 Å². The van der Waals surface area contributed by atoms with Crippen LogP contribution in [0.5, 0.6) is 0 Å². The predicted octanol–water partition coefficient (Wildman–Crippen LogP) is 2.88. The van der Waals surface area contributed by atoms with Crippen LogP contribution < -0.4 is 5.32 Å². The number of carbonyl (C=O) groups excluding carboxylic acids is 1. The molecule has 0 aliphatic heterocycles. The highest BCUT2D eigenvalue weighted by Crippen LogP contribution is 2.23. The molecule has 2 aromatic rings. The van der Waals surface area contributed by atoms with Gasteiger partial charge in [0, 0.05) is 23.4 Å². The summed E-state index contributed by atoms with van der Waals surface area (Å²) in [6.45, 7) is 2.05. The molecule has 7 heteroatoms. The topological polar surface area (TPSA) is 64.1 Å². The van der Waals surface area contributed by atoms with Crippen LogP contribution in [0.15, 0.2) is 17.0 Å². The van der Waals surface area contributed by atoms with Crippen LogP contribution in [0.3, 0.4) is 0 Å². The largest absolute Gasteiger partial charge is 0.469 e. The van der Waals surface area contributed by atoms with E-state index >= 15 is 0 Å². The molecule has 0 saturated carbocycles. The minimum absolute atomic E-state index is 0.139. The van der Waals surface area contributed by atoms with E-state index in [1.807, 2.05) is 17.7 Å². The monoisotopic (exact) mass is 297 g/mol. The number of carbonyl (C=O) groups is 1. The Morgan fingerprint density at radius 3 is 3.05 bits per heavy atom. The summed E-state index contributed by atoms with van der Waals surface area (Å²) >= 11 is 3.15. The standard InChI is InChI=1S/C12H15N3O2S2/c1-8(11-13-5-6-18-11)14-12-15-9(7-19-12)3-4-10(16)17-2/h5-8H,3-4H2,1-2H3,(H,14,15). The maximum atomic E-state index is 11.1. The van der Waals surface area contributed by atoms with E-state index < -0.39 is 0 Å². The maximum absolute atomic E-state index is 11.1. The summed E-state index contributed by atoms with van der Waals surface area (Å²) in [6, 6.07) is 0.139. The van der Waals surface area contributed by atoms with Gasteiger partial charge in [0.2, 0.25) is 0 Å². The third kappa shape index (κ3) is 4.00. The van der Waals surface area contributed by atoms with Crippen molar-refractivity contribution in [3.8, 4) is 0 Å². The number of ether oxygens (including phenoxy) is 1. The molecule has 0 amide bonds. The molecule has 0 aliphatic carbocycles. The fourth-order valence-corrected chi connectivity index (χ4v) is 2.99. The van der Waals surface area contributed by atoms with Crippen molar-refractivity contribution in [1.82, 2.24) is 9.97 Å². The van der Waals surface area contributed by atoms with Crippen molar-refractivity contribution in [1.29, 1.82) is 0 Å². The molecule has 0 bridgehead atoms. The summed E-state index contributed by atoms with van der Waals surface area (Å²) in [5.41, 5.74) is 0.907. The summed E-state index contributed by atoms with van der Waals surface area (Å²) in [6.07, 6.45) is 2.76. The van der Waals surface area contributed by atoms with Crippen molar-refractivity contribution < 1.29 is 9.53 Å². The molecule has 0 spiro atoms. The Kier molecular flexibility index (Phi) is 4.86. The first-order valence-electron chi connectivity index (χ1n) is 5.86. The maximum Gasteiger partial charge on any atom is 0.305 e. The summed E-state index contributed by atoms with van der Waals surface area (Å²) in [5.74, 6) is -0.210. The minimum Gasteiger partial charge on any atom is -0.469 e. The first kappa shape index (κ1) is 14.0. The number of hydrogen-bond acceptors (Lipinski definition) is 7. The molecule has 0 aromatic carbocycles. The number of rotatable bonds is 6. The lowest BCUT2D eigenvalue weighted by molar-refractivity contribution is -0.140. The molecule has 0 fully saturated rings. The lowest BCUT2D eigenvalue weighted by Crippen LogP contribution is -2.06. The van der Waals surface area contributed by atoms with Crippen molar-refractivity contribution in [2.24, 2.45) is 0 Å². The van der Waals surface area contributed by atoms with Gasteiger partial charge in [-0.25, -0.2) is 9.97 Å². The van der Waals surface area contributed by atoms with Gasteiger partial charge in [0.25, 0.3) is 0 Å². The van der Waals surface area contributed by atoms with Crippen LogP contribution in [0.2, 0.25) is 0 Å². The Morgan fingerprint density at radius 2 is 2.37 bits per heavy atom. The Hall–Kier alpha value is -1.47. The Balaban J connectivity index is 1.88. The number of esters is 1. The molecular formula is C12H15N3O2S2. The number of nitrogens with zero attached hydrogens (tertiary/aromatic N) is 2. The predicted molar refractivity (Wildman–Crippen MR) is 76.6 cm³/mol. The Bertz CT molecular complexity index is 525. The summed E-state index contributed by atoms with van der Waals surface area (Å²) < 4.78 is 4.61. The van der Waals surface area contributed by atoms with Crippen molar-refractivity contribution in [3.63, 3.8) is 0 Å². The molecule has 19 heavy (non-hydrogen) atoms. The fraction of sp³-hybridized carbons (Fsp3) is 0.417. The highest BCUT2D eigenvalue weighted by Gasteiger charge is 2.11. The highest BCUT2D eigenvalue weighted by molar-refractivity contribution is 7.13. The number of nitrogens with one attached hydrogen (secondary N) is 1. The normalized spacial score (nSPS) is 12.1. The van der Waals surface area contributed by atoms with Gasteiger partial charge in [-0.15, -0.1) is 22.7 Å². The van der Waals surface area contributed by atoms with Gasteiger partial charge < -0.3 is 10.1 Å². The molecular weight excluding hydrogens is 282 g/mol. The van der Waals surface area contributed by atoms with Gasteiger partial charge in [0.1, 0.15) is 5.01 Å². The van der Waals surface area contributed by atoms with Gasteiger partial charge in [0.15, 0.2) is 5.13 Å². The molecule has 1 N–H and O–H groups in total. The number of methoxy groups -OCH3 is 1. The average molecular weight is 297 g/mol. The van der Waals surface area contributed by atoms with Crippen LogP contribution in [0.25, 0.3) is 0 Å². The van der Waals surface area contributed by atoms with Gasteiger partial charge in [-0.2, -0.15) is 0 Å². The van der Waals surface area contributed by atoms with E-state index in [2.05, 4.69) is 20.0 Å². The van der Waals surface area contributed by atoms with E-state index in [0.717, 1.165) is 15.8 Å². The molecule has 2 rings (SSSR count). The van der Waals surface area contributed by atoms with E-state index in [9.17, 15) is 4.79 Å².